The third-order valence-corrected chi connectivity index (χ3v) is 11.2. The molecule has 3 aliphatic heterocycles. The third-order valence-electron chi connectivity index (χ3n) is 9.72. The Morgan fingerprint density at radius 3 is 2.52 bits per heavy atom. The van der Waals surface area contributed by atoms with Gasteiger partial charge in [0.1, 0.15) is 5.69 Å². The van der Waals surface area contributed by atoms with Crippen molar-refractivity contribution in [3.05, 3.63) is 35.5 Å². The van der Waals surface area contributed by atoms with Crippen molar-refractivity contribution in [2.45, 2.75) is 43.4 Å². The van der Waals surface area contributed by atoms with E-state index in [0.29, 0.717) is 22.5 Å². The van der Waals surface area contributed by atoms with Crippen molar-refractivity contribution in [3.8, 4) is 0 Å². The highest BCUT2D eigenvalue weighted by Gasteiger charge is 2.47. The Bertz CT molecular complexity index is 1440. The van der Waals surface area contributed by atoms with Crippen molar-refractivity contribution in [2.24, 2.45) is 17.3 Å². The molecule has 0 radical (unpaired) electrons. The molecule has 1 aromatic carbocycles. The van der Waals surface area contributed by atoms with E-state index in [0.717, 1.165) is 80.9 Å². The summed E-state index contributed by atoms with van der Waals surface area (Å²) in [4.78, 5) is 25.5. The SMILES string of the molecule is CN1CCc2cc(C(=O)Nc3ccc(S(=O)(=O)NCCO)cc3N3CCC4(CC3)CC4)nc(N3CC4CC4C3)c21. The molecule has 0 bridgehead atoms. The van der Waals surface area contributed by atoms with E-state index >= 15 is 0 Å². The summed E-state index contributed by atoms with van der Waals surface area (Å²) in [5.74, 6) is 2.14. The normalized spacial score (nSPS) is 24.3. The number of anilines is 4. The van der Waals surface area contributed by atoms with Crippen LogP contribution in [0.15, 0.2) is 29.2 Å². The molecule has 2 atom stereocenters. The molecule has 214 valence electrons. The summed E-state index contributed by atoms with van der Waals surface area (Å²) in [6, 6.07) is 6.76. The molecule has 2 saturated carbocycles. The highest BCUT2D eigenvalue weighted by Crippen LogP contribution is 2.54. The first kappa shape index (κ1) is 26.0. The van der Waals surface area contributed by atoms with E-state index in [1.165, 1.54) is 25.3 Å². The molecule has 2 aromatic rings. The maximum atomic E-state index is 13.7. The fourth-order valence-corrected chi connectivity index (χ4v) is 7.93. The summed E-state index contributed by atoms with van der Waals surface area (Å²) in [6.07, 6.45) is 6.86. The van der Waals surface area contributed by atoms with Crippen LogP contribution in [0.5, 0.6) is 0 Å². The van der Waals surface area contributed by atoms with E-state index in [-0.39, 0.29) is 24.0 Å². The summed E-state index contributed by atoms with van der Waals surface area (Å²) in [6.45, 7) is 4.23. The van der Waals surface area contributed by atoms with Crippen molar-refractivity contribution >= 4 is 38.8 Å². The second-order valence-corrected chi connectivity index (χ2v) is 14.2. The second kappa shape index (κ2) is 9.60. The van der Waals surface area contributed by atoms with Gasteiger partial charge in [-0.05, 0) is 85.6 Å². The quantitative estimate of drug-likeness (QED) is 0.446. The van der Waals surface area contributed by atoms with Crippen LogP contribution in [0.3, 0.4) is 0 Å². The number of aromatic nitrogens is 1. The lowest BCUT2D eigenvalue weighted by molar-refractivity contribution is 0.102. The number of piperidine rings is 2. The third kappa shape index (κ3) is 4.71. The largest absolute Gasteiger partial charge is 0.395 e. The Balaban J connectivity index is 1.19. The van der Waals surface area contributed by atoms with Gasteiger partial charge in [0.2, 0.25) is 10.0 Å². The van der Waals surface area contributed by atoms with Gasteiger partial charge in [-0.1, -0.05) is 0 Å². The van der Waals surface area contributed by atoms with E-state index in [9.17, 15) is 13.2 Å². The number of fused-ring (bicyclic) bond motifs is 2. The van der Waals surface area contributed by atoms with E-state index in [1.807, 2.05) is 6.07 Å². The molecule has 1 aromatic heterocycles. The van der Waals surface area contributed by atoms with Crippen LogP contribution in [-0.4, -0.2) is 77.3 Å². The lowest BCUT2D eigenvalue weighted by Crippen LogP contribution is -2.35. The van der Waals surface area contributed by atoms with Crippen molar-refractivity contribution < 1.29 is 18.3 Å². The van der Waals surface area contributed by atoms with Gasteiger partial charge in [-0.2, -0.15) is 0 Å². The molecule has 4 fully saturated rings. The highest BCUT2D eigenvalue weighted by atomic mass is 32.2. The van der Waals surface area contributed by atoms with E-state index in [4.69, 9.17) is 10.1 Å². The first-order valence-electron chi connectivity index (χ1n) is 14.6. The number of nitrogens with one attached hydrogen (secondary N) is 2. The van der Waals surface area contributed by atoms with Gasteiger partial charge >= 0.3 is 0 Å². The smallest absolute Gasteiger partial charge is 0.274 e. The number of hydrogen-bond acceptors (Lipinski definition) is 8. The van der Waals surface area contributed by atoms with Crippen LogP contribution in [0.4, 0.5) is 22.9 Å². The molecule has 3 N–H and O–H groups in total. The molecule has 11 heteroatoms. The number of rotatable bonds is 8. The molecule has 2 saturated heterocycles. The molecule has 10 nitrogen and oxygen atoms in total. The average Bonchev–Trinajstić information content (AvgIpc) is 3.81. The molecule has 7 rings (SSSR count). The Morgan fingerprint density at radius 1 is 1.07 bits per heavy atom. The van der Waals surface area contributed by atoms with E-state index in [2.05, 4.69) is 31.8 Å². The summed E-state index contributed by atoms with van der Waals surface area (Å²) in [5.41, 5.74) is 4.44. The number of carbonyl (C=O) groups is 1. The number of nitrogens with zero attached hydrogens (tertiary/aromatic N) is 4. The Hall–Kier alpha value is -2.89. The number of sulfonamides is 1. The number of aliphatic hydroxyl groups excluding tert-OH is 1. The van der Waals surface area contributed by atoms with Gasteiger partial charge in [-0.25, -0.2) is 18.1 Å². The van der Waals surface area contributed by atoms with Crippen molar-refractivity contribution in [1.82, 2.24) is 9.71 Å². The Morgan fingerprint density at radius 2 is 1.82 bits per heavy atom. The van der Waals surface area contributed by atoms with Crippen LogP contribution in [-0.2, 0) is 16.4 Å². The first-order chi connectivity index (χ1) is 19.2. The predicted molar refractivity (Wildman–Crippen MR) is 155 cm³/mol. The van der Waals surface area contributed by atoms with Crippen LogP contribution < -0.4 is 24.7 Å². The number of benzene rings is 1. The number of pyridine rings is 1. The number of amides is 1. The van der Waals surface area contributed by atoms with Crippen LogP contribution in [0, 0.1) is 17.3 Å². The molecular formula is C29H38N6O4S. The van der Waals surface area contributed by atoms with Crippen LogP contribution in [0.25, 0.3) is 0 Å². The zero-order valence-corrected chi connectivity index (χ0v) is 23.8. The molecule has 1 spiro atoms. The minimum absolute atomic E-state index is 0.0532. The number of aliphatic hydroxyl groups is 1. The molecule has 2 unspecified atom stereocenters. The van der Waals surface area contributed by atoms with Crippen molar-refractivity contribution in [2.75, 3.05) is 72.9 Å². The fraction of sp³-hybridized carbons (Fsp3) is 0.586. The molecule has 40 heavy (non-hydrogen) atoms. The average molecular weight is 567 g/mol. The maximum absolute atomic E-state index is 13.7. The summed E-state index contributed by atoms with van der Waals surface area (Å²) in [5, 5.41) is 12.2. The van der Waals surface area contributed by atoms with E-state index in [1.54, 1.807) is 12.1 Å². The van der Waals surface area contributed by atoms with Gasteiger partial charge in [-0.3, -0.25) is 4.79 Å². The molecule has 4 heterocycles. The lowest BCUT2D eigenvalue weighted by Gasteiger charge is -2.35. The minimum atomic E-state index is -3.79. The molecule has 1 amide bonds. The van der Waals surface area contributed by atoms with Gasteiger partial charge in [-0.15, -0.1) is 0 Å². The summed E-state index contributed by atoms with van der Waals surface area (Å²) >= 11 is 0. The van der Waals surface area contributed by atoms with Crippen molar-refractivity contribution in [3.63, 3.8) is 0 Å². The number of likely N-dealkylation sites (N-methyl/N-ethyl adjacent to an activating group) is 1. The molecule has 2 aliphatic carbocycles. The van der Waals surface area contributed by atoms with Crippen LogP contribution in [0.1, 0.15) is 48.2 Å². The van der Waals surface area contributed by atoms with Crippen LogP contribution in [0.2, 0.25) is 0 Å². The predicted octanol–water partition coefficient (Wildman–Crippen LogP) is 2.43. The van der Waals surface area contributed by atoms with E-state index < -0.39 is 10.0 Å². The summed E-state index contributed by atoms with van der Waals surface area (Å²) < 4.78 is 28.2. The number of hydrogen-bond donors (Lipinski definition) is 3. The van der Waals surface area contributed by atoms with Gasteiger partial charge in [0.05, 0.1) is 28.6 Å². The Kier molecular flexibility index (Phi) is 6.25. The zero-order valence-electron chi connectivity index (χ0n) is 23.0. The maximum Gasteiger partial charge on any atom is 0.274 e. The second-order valence-electron chi connectivity index (χ2n) is 12.4. The lowest BCUT2D eigenvalue weighted by atomic mass is 9.93. The minimum Gasteiger partial charge on any atom is -0.395 e. The molecular weight excluding hydrogens is 528 g/mol. The Labute approximate surface area is 235 Å². The standard InChI is InChI=1S/C29H38N6O4S/c1-33-10-4-19-15-24(31-27(26(19)33)35-17-20-14-21(20)18-35)28(37)32-23-3-2-22(40(38,39)30-9-13-36)16-25(23)34-11-7-29(5-6-29)8-12-34/h2-3,15-16,20-21,30,36H,4-14,17-18H2,1H3,(H,32,37). The highest BCUT2D eigenvalue weighted by molar-refractivity contribution is 7.89. The van der Waals surface area contributed by atoms with Gasteiger partial charge in [0, 0.05) is 46.3 Å². The monoisotopic (exact) mass is 566 g/mol. The van der Waals surface area contributed by atoms with Gasteiger partial charge in [0.25, 0.3) is 5.91 Å². The van der Waals surface area contributed by atoms with Crippen molar-refractivity contribution in [1.29, 1.82) is 0 Å². The zero-order chi connectivity index (χ0) is 27.6. The van der Waals surface area contributed by atoms with Gasteiger partial charge < -0.3 is 25.1 Å². The fourth-order valence-electron chi connectivity index (χ4n) is 6.89. The van der Waals surface area contributed by atoms with Gasteiger partial charge in [0.15, 0.2) is 5.82 Å². The topological polar surface area (TPSA) is 118 Å². The summed E-state index contributed by atoms with van der Waals surface area (Å²) in [7, 11) is -1.70. The van der Waals surface area contributed by atoms with Crippen LogP contribution >= 0.6 is 0 Å². The molecule has 5 aliphatic rings. The number of carbonyl (C=O) groups excluding carboxylic acids is 1. The first-order valence-corrected chi connectivity index (χ1v) is 16.0.